The van der Waals surface area contributed by atoms with Crippen LogP contribution in [0.1, 0.15) is 26.2 Å². The fraction of sp³-hybridized carbons (Fsp3) is 1.00. The van der Waals surface area contributed by atoms with Crippen LogP contribution in [0.3, 0.4) is 0 Å². The highest BCUT2D eigenvalue weighted by Gasteiger charge is 2.37. The first kappa shape index (κ1) is 15.2. The Kier molecular flexibility index (Phi) is 5.63. The van der Waals surface area contributed by atoms with Crippen LogP contribution in [-0.4, -0.2) is 75.9 Å². The second-order valence-corrected chi connectivity index (χ2v) is 6.48. The Labute approximate surface area is 118 Å². The highest BCUT2D eigenvalue weighted by molar-refractivity contribution is 4.91. The van der Waals surface area contributed by atoms with E-state index in [1.54, 1.807) is 0 Å². The van der Waals surface area contributed by atoms with Crippen LogP contribution < -0.4 is 5.32 Å². The Bertz CT molecular complexity index is 266. The average Bonchev–Trinajstić information content (AvgIpc) is 2.76. The summed E-state index contributed by atoms with van der Waals surface area (Å²) < 4.78 is 5.70. The van der Waals surface area contributed by atoms with Crippen molar-refractivity contribution in [1.29, 1.82) is 0 Å². The summed E-state index contributed by atoms with van der Waals surface area (Å²) in [4.78, 5) is 5.22. The molecule has 2 aliphatic rings. The van der Waals surface area contributed by atoms with E-state index >= 15 is 0 Å². The first-order chi connectivity index (χ1) is 9.19. The Balaban J connectivity index is 2.01. The zero-order valence-electron chi connectivity index (χ0n) is 13.0. The van der Waals surface area contributed by atoms with Crippen LogP contribution in [0.2, 0.25) is 0 Å². The lowest BCUT2D eigenvalue weighted by Crippen LogP contribution is -2.49. The topological polar surface area (TPSA) is 27.7 Å². The molecule has 0 saturated carbocycles. The number of nitrogens with zero attached hydrogens (tertiary/aromatic N) is 2. The first-order valence-corrected chi connectivity index (χ1v) is 7.84. The van der Waals surface area contributed by atoms with Gasteiger partial charge in [-0.15, -0.1) is 0 Å². The van der Waals surface area contributed by atoms with Crippen LogP contribution in [0.15, 0.2) is 0 Å². The second-order valence-electron chi connectivity index (χ2n) is 6.48. The lowest BCUT2D eigenvalue weighted by Gasteiger charge is -2.38. The Morgan fingerprint density at radius 1 is 1.37 bits per heavy atom. The molecule has 112 valence electrons. The number of nitrogens with one attached hydrogen (secondary N) is 1. The molecule has 0 aliphatic carbocycles. The summed E-state index contributed by atoms with van der Waals surface area (Å²) in [7, 11) is 4.32. The predicted molar refractivity (Wildman–Crippen MR) is 79.6 cm³/mol. The van der Waals surface area contributed by atoms with E-state index in [9.17, 15) is 0 Å². The minimum absolute atomic E-state index is 0.338. The number of likely N-dealkylation sites (N-methyl/N-ethyl adjacent to an activating group) is 1. The number of hydrogen-bond acceptors (Lipinski definition) is 4. The van der Waals surface area contributed by atoms with Gasteiger partial charge in [-0.05, 0) is 46.4 Å². The molecule has 0 amide bonds. The van der Waals surface area contributed by atoms with Gasteiger partial charge in [0.15, 0.2) is 0 Å². The van der Waals surface area contributed by atoms with Gasteiger partial charge in [-0.2, -0.15) is 0 Å². The Morgan fingerprint density at radius 2 is 2.21 bits per heavy atom. The molecule has 2 atom stereocenters. The first-order valence-electron chi connectivity index (χ1n) is 7.84. The van der Waals surface area contributed by atoms with Crippen molar-refractivity contribution in [2.75, 3.05) is 60.0 Å². The molecule has 0 bridgehead atoms. The summed E-state index contributed by atoms with van der Waals surface area (Å²) >= 11 is 0. The SMILES string of the molecule is CCC1CN(C)CCCN1CC1(CNC)CCOC1. The number of hydrogen-bond donors (Lipinski definition) is 1. The van der Waals surface area contributed by atoms with Crippen LogP contribution in [0.25, 0.3) is 0 Å². The minimum Gasteiger partial charge on any atom is -0.381 e. The molecule has 19 heavy (non-hydrogen) atoms. The lowest BCUT2D eigenvalue weighted by atomic mass is 9.86. The molecule has 0 spiro atoms. The third kappa shape index (κ3) is 3.91. The molecular formula is C15H31N3O. The summed E-state index contributed by atoms with van der Waals surface area (Å²) in [5.74, 6) is 0. The smallest absolute Gasteiger partial charge is 0.0547 e. The van der Waals surface area contributed by atoms with Crippen LogP contribution >= 0.6 is 0 Å². The molecular weight excluding hydrogens is 238 g/mol. The molecule has 2 rings (SSSR count). The van der Waals surface area contributed by atoms with Crippen molar-refractivity contribution in [2.24, 2.45) is 5.41 Å². The second kappa shape index (κ2) is 7.02. The van der Waals surface area contributed by atoms with E-state index in [-0.39, 0.29) is 0 Å². The summed E-state index contributed by atoms with van der Waals surface area (Å²) in [6, 6.07) is 0.710. The molecule has 2 heterocycles. The molecule has 4 heteroatoms. The fourth-order valence-corrected chi connectivity index (χ4v) is 3.66. The van der Waals surface area contributed by atoms with Crippen molar-refractivity contribution in [1.82, 2.24) is 15.1 Å². The van der Waals surface area contributed by atoms with E-state index in [1.807, 2.05) is 0 Å². The molecule has 2 aliphatic heterocycles. The zero-order valence-corrected chi connectivity index (χ0v) is 13.0. The van der Waals surface area contributed by atoms with Crippen molar-refractivity contribution in [3.8, 4) is 0 Å². The number of rotatable bonds is 5. The molecule has 4 nitrogen and oxygen atoms in total. The van der Waals surface area contributed by atoms with Crippen LogP contribution in [-0.2, 0) is 4.74 Å². The molecule has 0 radical (unpaired) electrons. The summed E-state index contributed by atoms with van der Waals surface area (Å²) in [5.41, 5.74) is 0.338. The van der Waals surface area contributed by atoms with Gasteiger partial charge >= 0.3 is 0 Å². The highest BCUT2D eigenvalue weighted by Crippen LogP contribution is 2.30. The van der Waals surface area contributed by atoms with Crippen LogP contribution in [0.5, 0.6) is 0 Å². The van der Waals surface area contributed by atoms with Gasteiger partial charge in [0.25, 0.3) is 0 Å². The van der Waals surface area contributed by atoms with Crippen LogP contribution in [0, 0.1) is 5.41 Å². The molecule has 0 aromatic rings. The maximum Gasteiger partial charge on any atom is 0.0547 e. The van der Waals surface area contributed by atoms with Crippen molar-refractivity contribution in [2.45, 2.75) is 32.2 Å². The molecule has 2 unspecified atom stereocenters. The number of ether oxygens (including phenoxy) is 1. The van der Waals surface area contributed by atoms with Gasteiger partial charge in [-0.1, -0.05) is 6.92 Å². The van der Waals surface area contributed by atoms with Gasteiger partial charge in [0.2, 0.25) is 0 Å². The fourth-order valence-electron chi connectivity index (χ4n) is 3.66. The molecule has 0 aromatic heterocycles. The maximum absolute atomic E-state index is 5.70. The Hall–Kier alpha value is -0.160. The van der Waals surface area contributed by atoms with Crippen molar-refractivity contribution >= 4 is 0 Å². The molecule has 1 N–H and O–H groups in total. The van der Waals surface area contributed by atoms with E-state index in [0.717, 1.165) is 19.8 Å². The highest BCUT2D eigenvalue weighted by atomic mass is 16.5. The maximum atomic E-state index is 5.70. The van der Waals surface area contributed by atoms with Crippen molar-refractivity contribution < 1.29 is 4.74 Å². The molecule has 2 fully saturated rings. The molecule has 0 aromatic carbocycles. The largest absolute Gasteiger partial charge is 0.381 e. The van der Waals surface area contributed by atoms with Gasteiger partial charge in [-0.25, -0.2) is 0 Å². The van der Waals surface area contributed by atoms with E-state index in [4.69, 9.17) is 4.74 Å². The quantitative estimate of drug-likeness (QED) is 0.807. The van der Waals surface area contributed by atoms with Gasteiger partial charge in [0.05, 0.1) is 6.61 Å². The van der Waals surface area contributed by atoms with Crippen molar-refractivity contribution in [3.05, 3.63) is 0 Å². The van der Waals surface area contributed by atoms with Gasteiger partial charge in [-0.3, -0.25) is 4.90 Å². The Morgan fingerprint density at radius 3 is 2.84 bits per heavy atom. The van der Waals surface area contributed by atoms with E-state index in [1.165, 1.54) is 45.4 Å². The lowest BCUT2D eigenvalue weighted by molar-refractivity contribution is 0.0846. The van der Waals surface area contributed by atoms with Gasteiger partial charge in [0, 0.05) is 37.7 Å². The summed E-state index contributed by atoms with van der Waals surface area (Å²) in [6.07, 6.45) is 3.75. The van der Waals surface area contributed by atoms with Gasteiger partial charge < -0.3 is 15.0 Å². The predicted octanol–water partition coefficient (Wildman–Crippen LogP) is 1.03. The zero-order chi connectivity index (χ0) is 13.7. The normalized spacial score (nSPS) is 34.6. The summed E-state index contributed by atoms with van der Waals surface area (Å²) in [5, 5.41) is 3.38. The van der Waals surface area contributed by atoms with E-state index in [2.05, 4.69) is 36.1 Å². The average molecular weight is 269 g/mol. The van der Waals surface area contributed by atoms with Crippen molar-refractivity contribution in [3.63, 3.8) is 0 Å². The molecule has 2 saturated heterocycles. The van der Waals surface area contributed by atoms with Crippen LogP contribution in [0.4, 0.5) is 0 Å². The third-order valence-corrected chi connectivity index (χ3v) is 4.77. The van der Waals surface area contributed by atoms with E-state index in [0.29, 0.717) is 11.5 Å². The summed E-state index contributed by atoms with van der Waals surface area (Å²) in [6.45, 7) is 10.2. The monoisotopic (exact) mass is 269 g/mol. The van der Waals surface area contributed by atoms with E-state index < -0.39 is 0 Å². The third-order valence-electron chi connectivity index (χ3n) is 4.77. The van der Waals surface area contributed by atoms with Gasteiger partial charge in [0.1, 0.15) is 0 Å². The standard InChI is InChI=1S/C15H31N3O/c1-4-14-10-17(3)7-5-8-18(14)12-15(11-16-2)6-9-19-13-15/h14,16H,4-13H2,1-3H3. The minimum atomic E-state index is 0.338.